The van der Waals surface area contributed by atoms with Crippen LogP contribution in [0.1, 0.15) is 39.3 Å². The van der Waals surface area contributed by atoms with Crippen LogP contribution in [0.4, 0.5) is 5.95 Å². The van der Waals surface area contributed by atoms with Gasteiger partial charge in [0.15, 0.2) is 0 Å². The van der Waals surface area contributed by atoms with Crippen molar-refractivity contribution in [2.24, 2.45) is 7.05 Å². The first-order chi connectivity index (χ1) is 6.54. The Hall–Kier alpha value is -1.39. The molecule has 0 saturated carbocycles. The minimum Gasteiger partial charge on any atom is -0.390 e. The van der Waals surface area contributed by atoms with Gasteiger partial charge >= 0.3 is 5.95 Å². The van der Waals surface area contributed by atoms with Gasteiger partial charge in [0.25, 0.3) is 0 Å². The Bertz CT molecular complexity index is 305. The van der Waals surface area contributed by atoms with Crippen LogP contribution < -0.4 is 0 Å². The highest BCUT2D eigenvalue weighted by molar-refractivity contribution is 5.16. The number of imidazole rings is 1. The van der Waals surface area contributed by atoms with Gasteiger partial charge in [0.2, 0.25) is 0 Å². The highest BCUT2D eigenvalue weighted by Crippen LogP contribution is 2.18. The molecule has 0 aliphatic carbocycles. The monoisotopic (exact) mass is 199 g/mol. The molecule has 5 heteroatoms. The fraction of sp³-hybridized carbons (Fsp3) is 0.667. The molecule has 80 valence electrons. The smallest absolute Gasteiger partial charge is 0.390 e. The fourth-order valence-corrected chi connectivity index (χ4v) is 1.12. The van der Waals surface area contributed by atoms with Crippen LogP contribution in [0.3, 0.4) is 0 Å². The third-order valence-electron chi connectivity index (χ3n) is 1.75. The average Bonchev–Trinajstić information content (AvgIpc) is 2.50. The second kappa shape index (κ2) is 5.36. The Balaban J connectivity index is 0.000000791. The van der Waals surface area contributed by atoms with Gasteiger partial charge in [0.05, 0.1) is 7.05 Å². The summed E-state index contributed by atoms with van der Waals surface area (Å²) in [7, 11) is 1.65. The second-order valence-electron chi connectivity index (χ2n) is 2.95. The van der Waals surface area contributed by atoms with E-state index in [4.69, 9.17) is 0 Å². The van der Waals surface area contributed by atoms with Crippen LogP contribution >= 0.6 is 0 Å². The minimum absolute atomic E-state index is 0.0984. The molecule has 0 aliphatic heterocycles. The molecule has 0 spiro atoms. The van der Waals surface area contributed by atoms with Crippen LogP contribution in [0, 0.1) is 10.1 Å². The number of hydrogen-bond acceptors (Lipinski definition) is 3. The lowest BCUT2D eigenvalue weighted by Crippen LogP contribution is -2.02. The summed E-state index contributed by atoms with van der Waals surface area (Å²) in [5.74, 6) is 0.162. The topological polar surface area (TPSA) is 61.0 Å². The van der Waals surface area contributed by atoms with Gasteiger partial charge in [-0.15, -0.1) is 0 Å². The molecule has 1 heterocycles. The molecule has 14 heavy (non-hydrogen) atoms. The van der Waals surface area contributed by atoms with Crippen LogP contribution in [-0.4, -0.2) is 14.5 Å². The Labute approximate surface area is 83.9 Å². The molecule has 0 atom stereocenters. The molecular formula is C9H17N3O2. The lowest BCUT2D eigenvalue weighted by molar-refractivity contribution is -0.396. The van der Waals surface area contributed by atoms with E-state index in [0.717, 1.165) is 5.69 Å². The van der Waals surface area contributed by atoms with Gasteiger partial charge in [-0.25, -0.2) is 4.57 Å². The summed E-state index contributed by atoms with van der Waals surface area (Å²) in [6, 6.07) is 0. The maximum atomic E-state index is 10.4. The van der Waals surface area contributed by atoms with Crippen molar-refractivity contribution in [2.45, 2.75) is 33.6 Å². The van der Waals surface area contributed by atoms with E-state index < -0.39 is 4.92 Å². The predicted octanol–water partition coefficient (Wildman–Crippen LogP) is 2.48. The standard InChI is InChI=1S/C7H11N3O2.C2H6/c1-5(2)6-4-8-7(9(6)3)10(11)12;1-2/h4-5H,1-3H3;1-2H3. The van der Waals surface area contributed by atoms with E-state index in [9.17, 15) is 10.1 Å². The van der Waals surface area contributed by atoms with Gasteiger partial charge in [-0.1, -0.05) is 32.7 Å². The van der Waals surface area contributed by atoms with Crippen molar-refractivity contribution in [2.75, 3.05) is 0 Å². The minimum atomic E-state index is -0.480. The number of rotatable bonds is 2. The largest absolute Gasteiger partial charge is 0.434 e. The van der Waals surface area contributed by atoms with Crippen molar-refractivity contribution < 1.29 is 4.92 Å². The quantitative estimate of drug-likeness (QED) is 0.543. The number of hydrogen-bond donors (Lipinski definition) is 0. The molecule has 0 bridgehead atoms. The fourth-order valence-electron chi connectivity index (χ4n) is 1.12. The molecule has 1 aromatic heterocycles. The van der Waals surface area contributed by atoms with Crippen LogP contribution in [0.2, 0.25) is 0 Å². The van der Waals surface area contributed by atoms with E-state index in [1.54, 1.807) is 13.2 Å². The van der Waals surface area contributed by atoms with Gasteiger partial charge < -0.3 is 10.1 Å². The van der Waals surface area contributed by atoms with Gasteiger partial charge in [-0.05, 0) is 4.92 Å². The summed E-state index contributed by atoms with van der Waals surface area (Å²) >= 11 is 0. The van der Waals surface area contributed by atoms with Crippen LogP contribution in [0.15, 0.2) is 6.20 Å². The third kappa shape index (κ3) is 2.55. The Morgan fingerprint density at radius 1 is 1.50 bits per heavy atom. The summed E-state index contributed by atoms with van der Waals surface area (Å²) in [6.07, 6.45) is 1.54. The lowest BCUT2D eigenvalue weighted by Gasteiger charge is -2.01. The van der Waals surface area contributed by atoms with Crippen molar-refractivity contribution >= 4 is 5.95 Å². The zero-order valence-electron chi connectivity index (χ0n) is 9.31. The van der Waals surface area contributed by atoms with E-state index >= 15 is 0 Å². The van der Waals surface area contributed by atoms with E-state index in [1.165, 1.54) is 4.57 Å². The molecule has 0 radical (unpaired) electrons. The lowest BCUT2D eigenvalue weighted by atomic mass is 10.1. The Morgan fingerprint density at radius 2 is 2.00 bits per heavy atom. The number of nitrogens with zero attached hydrogens (tertiary/aromatic N) is 3. The normalized spacial score (nSPS) is 9.57. The van der Waals surface area contributed by atoms with E-state index in [2.05, 4.69) is 4.98 Å². The molecule has 0 N–H and O–H groups in total. The molecule has 1 aromatic rings. The van der Waals surface area contributed by atoms with Crippen molar-refractivity contribution in [3.8, 4) is 0 Å². The highest BCUT2D eigenvalue weighted by Gasteiger charge is 2.18. The summed E-state index contributed by atoms with van der Waals surface area (Å²) in [5, 5.41) is 10.4. The van der Waals surface area contributed by atoms with Gasteiger partial charge in [-0.2, -0.15) is 0 Å². The van der Waals surface area contributed by atoms with Crippen molar-refractivity contribution in [3.63, 3.8) is 0 Å². The molecule has 1 rings (SSSR count). The van der Waals surface area contributed by atoms with Gasteiger partial charge in [0, 0.05) is 5.92 Å². The molecule has 0 unspecified atom stereocenters. The van der Waals surface area contributed by atoms with Crippen LogP contribution in [0.25, 0.3) is 0 Å². The summed E-state index contributed by atoms with van der Waals surface area (Å²) in [6.45, 7) is 7.95. The maximum Gasteiger partial charge on any atom is 0.434 e. The van der Waals surface area contributed by atoms with Crippen LogP contribution in [-0.2, 0) is 7.05 Å². The number of nitro groups is 1. The van der Waals surface area contributed by atoms with E-state index in [-0.39, 0.29) is 11.9 Å². The predicted molar refractivity (Wildman–Crippen MR) is 55.3 cm³/mol. The molecular weight excluding hydrogens is 182 g/mol. The molecule has 0 aliphatic rings. The highest BCUT2D eigenvalue weighted by atomic mass is 16.6. The average molecular weight is 199 g/mol. The first-order valence-electron chi connectivity index (χ1n) is 4.70. The molecule has 0 saturated heterocycles. The Kier molecular flexibility index (Phi) is 4.83. The zero-order valence-corrected chi connectivity index (χ0v) is 9.31. The molecule has 0 aromatic carbocycles. The van der Waals surface area contributed by atoms with Crippen molar-refractivity contribution in [1.29, 1.82) is 0 Å². The van der Waals surface area contributed by atoms with E-state index in [0.29, 0.717) is 0 Å². The Morgan fingerprint density at radius 3 is 2.21 bits per heavy atom. The summed E-state index contributed by atoms with van der Waals surface area (Å²) in [4.78, 5) is 13.6. The second-order valence-corrected chi connectivity index (χ2v) is 2.95. The first-order valence-corrected chi connectivity index (χ1v) is 4.70. The third-order valence-corrected chi connectivity index (χ3v) is 1.75. The molecule has 0 fully saturated rings. The number of aromatic nitrogens is 2. The van der Waals surface area contributed by atoms with Gasteiger partial charge in [0.1, 0.15) is 11.9 Å². The van der Waals surface area contributed by atoms with Crippen molar-refractivity contribution in [3.05, 3.63) is 22.0 Å². The zero-order chi connectivity index (χ0) is 11.3. The van der Waals surface area contributed by atoms with E-state index in [1.807, 2.05) is 27.7 Å². The maximum absolute atomic E-state index is 10.4. The van der Waals surface area contributed by atoms with Crippen molar-refractivity contribution in [1.82, 2.24) is 9.55 Å². The van der Waals surface area contributed by atoms with Crippen LogP contribution in [0.5, 0.6) is 0 Å². The SMILES string of the molecule is CC.CC(C)c1cnc([N+](=O)[O-])n1C. The first kappa shape index (κ1) is 12.6. The summed E-state index contributed by atoms with van der Waals surface area (Å²) in [5.41, 5.74) is 0.877. The summed E-state index contributed by atoms with van der Waals surface area (Å²) < 4.78 is 1.50. The molecule has 0 amide bonds. The van der Waals surface area contributed by atoms with Gasteiger partial charge in [-0.3, -0.25) is 0 Å². The molecule has 5 nitrogen and oxygen atoms in total.